The first-order valence-corrected chi connectivity index (χ1v) is 13.3. The van der Waals surface area contributed by atoms with Crippen LogP contribution in [0.1, 0.15) is 66.6 Å². The minimum absolute atomic E-state index is 0.0249. The zero-order chi connectivity index (χ0) is 26.7. The average molecular weight is 526 g/mol. The molecule has 6 rings (SSSR count). The third kappa shape index (κ3) is 4.21. The van der Waals surface area contributed by atoms with Crippen LogP contribution < -0.4 is 0 Å². The second kappa shape index (κ2) is 9.22. The van der Waals surface area contributed by atoms with E-state index in [1.54, 1.807) is 6.92 Å². The number of fused-ring (bicyclic) bond motifs is 2. The quantitative estimate of drug-likeness (QED) is 0.529. The summed E-state index contributed by atoms with van der Waals surface area (Å²) in [5, 5.41) is 0. The molecule has 1 aliphatic carbocycles. The molecule has 1 fully saturated rings. The van der Waals surface area contributed by atoms with Crippen molar-refractivity contribution in [2.45, 2.75) is 69.8 Å². The lowest BCUT2D eigenvalue weighted by atomic mass is 9.80. The molecular formula is C29H30F3N3O3. The van der Waals surface area contributed by atoms with Crippen LogP contribution in [0.3, 0.4) is 0 Å². The number of carbonyl (C=O) groups is 2. The van der Waals surface area contributed by atoms with Crippen molar-refractivity contribution in [3.05, 3.63) is 75.6 Å². The topological polar surface area (TPSA) is 62.7 Å². The number of pyridine rings is 1. The Morgan fingerprint density at radius 1 is 1.11 bits per heavy atom. The van der Waals surface area contributed by atoms with Gasteiger partial charge in [-0.3, -0.25) is 14.7 Å². The van der Waals surface area contributed by atoms with E-state index in [9.17, 15) is 22.8 Å². The van der Waals surface area contributed by atoms with E-state index in [1.165, 1.54) is 16.0 Å². The molecule has 1 aromatic carbocycles. The van der Waals surface area contributed by atoms with Crippen molar-refractivity contribution < 1.29 is 27.5 Å². The van der Waals surface area contributed by atoms with Crippen LogP contribution in [0.25, 0.3) is 0 Å². The predicted octanol–water partition coefficient (Wildman–Crippen LogP) is 4.77. The van der Waals surface area contributed by atoms with Crippen molar-refractivity contribution in [2.24, 2.45) is 0 Å². The molecule has 0 bridgehead atoms. The smallest absolute Gasteiger partial charge is 0.417 e. The summed E-state index contributed by atoms with van der Waals surface area (Å²) in [6.07, 6.45) is 1.02. The monoisotopic (exact) mass is 525 g/mol. The third-order valence-corrected chi connectivity index (χ3v) is 8.68. The van der Waals surface area contributed by atoms with Gasteiger partial charge in [0.2, 0.25) is 0 Å². The van der Waals surface area contributed by atoms with Gasteiger partial charge in [-0.25, -0.2) is 4.79 Å². The van der Waals surface area contributed by atoms with Gasteiger partial charge in [-0.2, -0.15) is 13.2 Å². The molecule has 1 saturated heterocycles. The number of aryl methyl sites for hydroxylation is 1. The van der Waals surface area contributed by atoms with Gasteiger partial charge in [0, 0.05) is 68.9 Å². The van der Waals surface area contributed by atoms with Gasteiger partial charge in [0.1, 0.15) is 5.60 Å². The first-order chi connectivity index (χ1) is 18.2. The Labute approximate surface area is 219 Å². The highest BCUT2D eigenvalue weighted by atomic mass is 19.4. The number of alkyl halides is 3. The Kier molecular flexibility index (Phi) is 6.09. The molecule has 4 aliphatic rings. The molecule has 0 N–H and O–H groups in total. The van der Waals surface area contributed by atoms with Gasteiger partial charge in [0.15, 0.2) is 0 Å². The Morgan fingerprint density at radius 2 is 1.87 bits per heavy atom. The number of benzene rings is 1. The van der Waals surface area contributed by atoms with Gasteiger partial charge in [-0.1, -0.05) is 24.3 Å². The number of esters is 1. The van der Waals surface area contributed by atoms with Crippen LogP contribution in [0, 0.1) is 0 Å². The number of likely N-dealkylation sites (tertiary alicyclic amines) is 1. The maximum absolute atomic E-state index is 13.8. The van der Waals surface area contributed by atoms with E-state index in [4.69, 9.17) is 4.74 Å². The highest BCUT2D eigenvalue weighted by Crippen LogP contribution is 2.45. The molecule has 200 valence electrons. The van der Waals surface area contributed by atoms with E-state index in [0.717, 1.165) is 31.5 Å². The van der Waals surface area contributed by atoms with Crippen molar-refractivity contribution in [1.82, 2.24) is 14.8 Å². The Morgan fingerprint density at radius 3 is 2.63 bits per heavy atom. The zero-order valence-corrected chi connectivity index (χ0v) is 21.3. The lowest BCUT2D eigenvalue weighted by molar-refractivity contribution is -0.152. The number of ether oxygens (including phenoxy) is 1. The lowest BCUT2D eigenvalue weighted by Gasteiger charge is -2.44. The molecule has 3 aliphatic heterocycles. The van der Waals surface area contributed by atoms with Gasteiger partial charge >= 0.3 is 12.1 Å². The second-order valence-electron chi connectivity index (χ2n) is 10.8. The number of nitrogens with zero attached hydrogens (tertiary/aromatic N) is 3. The van der Waals surface area contributed by atoms with Crippen LogP contribution in [0.5, 0.6) is 0 Å². The van der Waals surface area contributed by atoms with E-state index in [1.807, 2.05) is 0 Å². The molecule has 2 aromatic rings. The fraction of sp³-hybridized carbons (Fsp3) is 0.483. The van der Waals surface area contributed by atoms with Crippen molar-refractivity contribution in [2.75, 3.05) is 19.6 Å². The largest absolute Gasteiger partial charge is 0.450 e. The molecule has 1 unspecified atom stereocenters. The standard InChI is InChI=1S/C29H30F3N3O3/c1-18-25(26(36)35-12-9-23-20(17-35)15-21(16-33-23)29(30,31)32)28(38-27(18)37)10-13-34(14-11-28)24-8-4-6-19-5-2-3-7-22(19)24/h2-3,5,7,15-16,24H,4,6,8-14,17H2,1H3. The third-order valence-electron chi connectivity index (χ3n) is 8.68. The highest BCUT2D eigenvalue weighted by Gasteiger charge is 2.52. The Bertz CT molecular complexity index is 1330. The maximum Gasteiger partial charge on any atom is 0.417 e. The van der Waals surface area contributed by atoms with Crippen LogP contribution in [0.15, 0.2) is 47.7 Å². The molecule has 0 saturated carbocycles. The summed E-state index contributed by atoms with van der Waals surface area (Å²) in [5.74, 6) is -0.809. The van der Waals surface area contributed by atoms with Crippen LogP contribution >= 0.6 is 0 Å². The normalized spacial score (nSPS) is 23.3. The van der Waals surface area contributed by atoms with Crippen LogP contribution in [0.2, 0.25) is 0 Å². The zero-order valence-electron chi connectivity index (χ0n) is 21.3. The van der Waals surface area contributed by atoms with E-state index in [0.29, 0.717) is 67.3 Å². The van der Waals surface area contributed by atoms with Gasteiger partial charge < -0.3 is 9.64 Å². The number of hydrogen-bond donors (Lipinski definition) is 0. The number of halogens is 3. The van der Waals surface area contributed by atoms with Crippen LogP contribution in [-0.4, -0.2) is 51.9 Å². The molecule has 1 amide bonds. The van der Waals surface area contributed by atoms with E-state index in [-0.39, 0.29) is 12.5 Å². The van der Waals surface area contributed by atoms with E-state index < -0.39 is 23.3 Å². The number of piperidine rings is 1. The summed E-state index contributed by atoms with van der Waals surface area (Å²) in [5.41, 5.74) is 2.57. The molecule has 1 spiro atoms. The van der Waals surface area contributed by atoms with Crippen molar-refractivity contribution in [3.8, 4) is 0 Å². The van der Waals surface area contributed by atoms with Crippen LogP contribution in [0.4, 0.5) is 13.2 Å². The van der Waals surface area contributed by atoms with Crippen LogP contribution in [-0.2, 0) is 39.9 Å². The first-order valence-electron chi connectivity index (χ1n) is 13.3. The van der Waals surface area contributed by atoms with Gasteiger partial charge in [-0.15, -0.1) is 0 Å². The number of amides is 1. The highest BCUT2D eigenvalue weighted by molar-refractivity contribution is 6.07. The van der Waals surface area contributed by atoms with Gasteiger partial charge in [0.25, 0.3) is 5.91 Å². The molecule has 0 radical (unpaired) electrons. The molecule has 6 nitrogen and oxygen atoms in total. The van der Waals surface area contributed by atoms with E-state index >= 15 is 0 Å². The Balaban J connectivity index is 1.22. The number of carbonyl (C=O) groups excluding carboxylic acids is 2. The average Bonchev–Trinajstić information content (AvgIpc) is 3.15. The molecular weight excluding hydrogens is 495 g/mol. The lowest BCUT2D eigenvalue weighted by Crippen LogP contribution is -2.50. The first kappa shape index (κ1) is 25.1. The minimum atomic E-state index is -4.50. The van der Waals surface area contributed by atoms with Crippen molar-refractivity contribution >= 4 is 11.9 Å². The summed E-state index contributed by atoms with van der Waals surface area (Å²) >= 11 is 0. The predicted molar refractivity (Wildman–Crippen MR) is 133 cm³/mol. The Hall–Kier alpha value is -3.20. The van der Waals surface area contributed by atoms with Gasteiger partial charge in [0.05, 0.1) is 11.1 Å². The van der Waals surface area contributed by atoms with Crippen molar-refractivity contribution in [1.29, 1.82) is 0 Å². The summed E-state index contributed by atoms with van der Waals surface area (Å²) in [7, 11) is 0. The fourth-order valence-corrected chi connectivity index (χ4v) is 6.67. The molecule has 1 atom stereocenters. The van der Waals surface area contributed by atoms with E-state index in [2.05, 4.69) is 34.1 Å². The summed E-state index contributed by atoms with van der Waals surface area (Å²) < 4.78 is 45.7. The fourth-order valence-electron chi connectivity index (χ4n) is 6.67. The summed E-state index contributed by atoms with van der Waals surface area (Å²) in [6.45, 7) is 3.36. The van der Waals surface area contributed by atoms with Gasteiger partial charge in [-0.05, 0) is 48.9 Å². The number of hydrogen-bond acceptors (Lipinski definition) is 5. The molecule has 4 heterocycles. The van der Waals surface area contributed by atoms with Crippen molar-refractivity contribution in [3.63, 3.8) is 0 Å². The SMILES string of the molecule is CC1=C(C(=O)N2CCc3ncc(C(F)(F)F)cc3C2)C2(CCN(C3CCCc4ccccc43)CC2)OC1=O. The molecule has 38 heavy (non-hydrogen) atoms. The number of aromatic nitrogens is 1. The molecule has 9 heteroatoms. The molecule has 1 aromatic heterocycles. The maximum atomic E-state index is 13.8. The summed E-state index contributed by atoms with van der Waals surface area (Å²) in [6, 6.07) is 9.94. The second-order valence-corrected chi connectivity index (χ2v) is 10.8. The number of rotatable bonds is 2. The minimum Gasteiger partial charge on any atom is -0.450 e. The summed E-state index contributed by atoms with van der Waals surface area (Å²) in [4.78, 5) is 34.6.